The van der Waals surface area contributed by atoms with Gasteiger partial charge in [0.1, 0.15) is 12.4 Å². The molecule has 2 aromatic carbocycles. The summed E-state index contributed by atoms with van der Waals surface area (Å²) in [6.45, 7) is 5.03. The zero-order valence-electron chi connectivity index (χ0n) is 17.8. The van der Waals surface area contributed by atoms with Gasteiger partial charge in [0.05, 0.1) is 11.7 Å². The predicted molar refractivity (Wildman–Crippen MR) is 119 cm³/mol. The Morgan fingerprint density at radius 2 is 1.61 bits per heavy atom. The molecule has 3 aliphatic heterocycles. The second kappa shape index (κ2) is 8.71. The molecule has 162 valence electrons. The zero-order valence-corrected chi connectivity index (χ0v) is 17.8. The van der Waals surface area contributed by atoms with E-state index >= 15 is 0 Å². The Labute approximate surface area is 183 Å². The maximum Gasteiger partial charge on any atom is 0.229 e. The largest absolute Gasteiger partial charge is 0.489 e. The summed E-state index contributed by atoms with van der Waals surface area (Å²) in [7, 11) is 0. The van der Waals surface area contributed by atoms with Crippen molar-refractivity contribution < 1.29 is 14.3 Å². The van der Waals surface area contributed by atoms with Gasteiger partial charge in [0.15, 0.2) is 0 Å². The number of hydrogen-bond donors (Lipinski definition) is 0. The standard InChI is InChI=1S/C25H29N3O3/c29-24-15-20(19-7-2-1-3-8-19)16-25(30)28(24)12-6-11-26-13-14-27-21(17-26)18-31-23-10-5-4-9-22(23)27/h1-5,7-10,20-21H,6,11-18H2. The summed E-state index contributed by atoms with van der Waals surface area (Å²) in [5, 5.41) is 0. The Balaban J connectivity index is 1.11. The van der Waals surface area contributed by atoms with Crippen molar-refractivity contribution in [2.75, 3.05) is 44.2 Å². The molecule has 0 N–H and O–H groups in total. The maximum atomic E-state index is 12.6. The first kappa shape index (κ1) is 20.1. The van der Waals surface area contributed by atoms with Crippen molar-refractivity contribution in [2.24, 2.45) is 0 Å². The minimum Gasteiger partial charge on any atom is -0.489 e. The molecule has 0 aliphatic carbocycles. The van der Waals surface area contributed by atoms with Crippen molar-refractivity contribution in [2.45, 2.75) is 31.2 Å². The van der Waals surface area contributed by atoms with Gasteiger partial charge in [-0.3, -0.25) is 19.4 Å². The van der Waals surface area contributed by atoms with E-state index in [-0.39, 0.29) is 17.7 Å². The number of ether oxygens (including phenoxy) is 1. The molecule has 2 fully saturated rings. The lowest BCUT2D eigenvalue weighted by Crippen LogP contribution is -2.57. The van der Waals surface area contributed by atoms with E-state index in [1.165, 1.54) is 10.6 Å². The van der Waals surface area contributed by atoms with E-state index in [9.17, 15) is 9.59 Å². The lowest BCUT2D eigenvalue weighted by Gasteiger charge is -2.45. The van der Waals surface area contributed by atoms with Gasteiger partial charge in [-0.2, -0.15) is 0 Å². The van der Waals surface area contributed by atoms with Crippen LogP contribution in [-0.2, 0) is 9.59 Å². The Kier molecular flexibility index (Phi) is 5.64. The van der Waals surface area contributed by atoms with Crippen LogP contribution in [0.5, 0.6) is 5.75 Å². The quantitative estimate of drug-likeness (QED) is 0.698. The van der Waals surface area contributed by atoms with Crippen molar-refractivity contribution in [3.05, 3.63) is 60.2 Å². The number of imide groups is 1. The number of likely N-dealkylation sites (tertiary alicyclic amines) is 1. The summed E-state index contributed by atoms with van der Waals surface area (Å²) in [6, 6.07) is 18.5. The zero-order chi connectivity index (χ0) is 21.2. The van der Waals surface area contributed by atoms with Crippen molar-refractivity contribution in [1.29, 1.82) is 0 Å². The van der Waals surface area contributed by atoms with Gasteiger partial charge in [-0.25, -0.2) is 0 Å². The van der Waals surface area contributed by atoms with Gasteiger partial charge in [-0.15, -0.1) is 0 Å². The Morgan fingerprint density at radius 1 is 0.871 bits per heavy atom. The summed E-state index contributed by atoms with van der Waals surface area (Å²) in [5.41, 5.74) is 2.27. The fraction of sp³-hybridized carbons (Fsp3) is 0.440. The number of piperazine rings is 1. The molecule has 2 amide bonds. The second-order valence-corrected chi connectivity index (χ2v) is 8.74. The highest BCUT2D eigenvalue weighted by atomic mass is 16.5. The summed E-state index contributed by atoms with van der Waals surface area (Å²) >= 11 is 0. The molecule has 1 atom stereocenters. The van der Waals surface area contributed by atoms with Crippen molar-refractivity contribution in [1.82, 2.24) is 9.80 Å². The van der Waals surface area contributed by atoms with Crippen molar-refractivity contribution >= 4 is 17.5 Å². The summed E-state index contributed by atoms with van der Waals surface area (Å²) in [5.74, 6) is 0.919. The molecule has 6 heteroatoms. The van der Waals surface area contributed by atoms with Crippen LogP contribution in [-0.4, -0.2) is 67.0 Å². The maximum absolute atomic E-state index is 12.6. The first-order valence-electron chi connectivity index (χ1n) is 11.3. The van der Waals surface area contributed by atoms with Crippen LogP contribution in [0.4, 0.5) is 5.69 Å². The molecule has 0 radical (unpaired) electrons. The van der Waals surface area contributed by atoms with Crippen LogP contribution >= 0.6 is 0 Å². The van der Waals surface area contributed by atoms with Crippen LogP contribution in [0.25, 0.3) is 0 Å². The molecule has 31 heavy (non-hydrogen) atoms. The Morgan fingerprint density at radius 3 is 2.42 bits per heavy atom. The molecule has 0 spiro atoms. The average Bonchev–Trinajstić information content (AvgIpc) is 2.81. The third-order valence-corrected chi connectivity index (χ3v) is 6.74. The monoisotopic (exact) mass is 419 g/mol. The molecular formula is C25H29N3O3. The summed E-state index contributed by atoms with van der Waals surface area (Å²) in [6.07, 6.45) is 1.66. The summed E-state index contributed by atoms with van der Waals surface area (Å²) < 4.78 is 5.95. The van der Waals surface area contributed by atoms with Crippen LogP contribution in [0.1, 0.15) is 30.7 Å². The molecule has 0 saturated carbocycles. The number of fused-ring (bicyclic) bond motifs is 3. The number of rotatable bonds is 5. The number of para-hydroxylation sites is 2. The minimum absolute atomic E-state index is 0.0136. The van der Waals surface area contributed by atoms with Gasteiger partial charge in [-0.1, -0.05) is 42.5 Å². The number of hydrogen-bond acceptors (Lipinski definition) is 5. The molecule has 6 nitrogen and oxygen atoms in total. The number of carbonyl (C=O) groups is 2. The van der Waals surface area contributed by atoms with E-state index < -0.39 is 0 Å². The van der Waals surface area contributed by atoms with Crippen LogP contribution in [0.15, 0.2) is 54.6 Å². The normalized spacial score (nSPS) is 22.1. The number of carbonyl (C=O) groups excluding carboxylic acids is 2. The highest BCUT2D eigenvalue weighted by Gasteiger charge is 2.34. The van der Waals surface area contributed by atoms with E-state index in [0.717, 1.165) is 43.9 Å². The average molecular weight is 420 g/mol. The molecule has 0 bridgehead atoms. The molecule has 5 rings (SSSR count). The Hall–Kier alpha value is -2.86. The van der Waals surface area contributed by atoms with Crippen LogP contribution < -0.4 is 9.64 Å². The molecule has 2 aromatic rings. The first-order valence-corrected chi connectivity index (χ1v) is 11.3. The van der Waals surface area contributed by atoms with E-state index in [1.54, 1.807) is 0 Å². The van der Waals surface area contributed by atoms with Gasteiger partial charge in [0, 0.05) is 44.9 Å². The Bertz CT molecular complexity index is 930. The topological polar surface area (TPSA) is 53.1 Å². The van der Waals surface area contributed by atoms with Crippen molar-refractivity contribution in [3.8, 4) is 5.75 Å². The fourth-order valence-corrected chi connectivity index (χ4v) is 5.10. The first-order chi connectivity index (χ1) is 15.2. The van der Waals surface area contributed by atoms with E-state index in [4.69, 9.17) is 4.74 Å². The lowest BCUT2D eigenvalue weighted by atomic mass is 9.88. The molecule has 3 aliphatic rings. The van der Waals surface area contributed by atoms with Gasteiger partial charge < -0.3 is 9.64 Å². The third kappa shape index (κ3) is 4.17. The number of benzene rings is 2. The highest BCUT2D eigenvalue weighted by molar-refractivity contribution is 5.98. The SMILES string of the molecule is O=C1CC(c2ccccc2)CC(=O)N1CCCN1CCN2c3ccccc3OCC2C1. The van der Waals surface area contributed by atoms with Crippen molar-refractivity contribution in [3.63, 3.8) is 0 Å². The van der Waals surface area contributed by atoms with Gasteiger partial charge in [0.25, 0.3) is 0 Å². The van der Waals surface area contributed by atoms with Gasteiger partial charge >= 0.3 is 0 Å². The number of nitrogens with zero attached hydrogens (tertiary/aromatic N) is 3. The summed E-state index contributed by atoms with van der Waals surface area (Å²) in [4.78, 5) is 31.7. The van der Waals surface area contributed by atoms with Gasteiger partial charge in [0.2, 0.25) is 11.8 Å². The van der Waals surface area contributed by atoms with Crippen LogP contribution in [0.2, 0.25) is 0 Å². The lowest BCUT2D eigenvalue weighted by molar-refractivity contribution is -0.148. The number of piperidine rings is 1. The number of amides is 2. The highest BCUT2D eigenvalue weighted by Crippen LogP contribution is 2.35. The smallest absolute Gasteiger partial charge is 0.229 e. The molecule has 0 aromatic heterocycles. The fourth-order valence-electron chi connectivity index (χ4n) is 5.10. The molecule has 2 saturated heterocycles. The van der Waals surface area contributed by atoms with Gasteiger partial charge in [-0.05, 0) is 30.7 Å². The second-order valence-electron chi connectivity index (χ2n) is 8.74. The van der Waals surface area contributed by atoms with E-state index in [0.29, 0.717) is 32.0 Å². The molecule has 3 heterocycles. The number of anilines is 1. The third-order valence-electron chi connectivity index (χ3n) is 6.74. The van der Waals surface area contributed by atoms with E-state index in [1.807, 2.05) is 42.5 Å². The van der Waals surface area contributed by atoms with Crippen LogP contribution in [0.3, 0.4) is 0 Å². The molecular weight excluding hydrogens is 390 g/mol. The predicted octanol–water partition coefficient (Wildman–Crippen LogP) is 2.89. The van der Waals surface area contributed by atoms with Crippen LogP contribution in [0, 0.1) is 0 Å². The van der Waals surface area contributed by atoms with E-state index in [2.05, 4.69) is 21.9 Å². The molecule has 1 unspecified atom stereocenters. The minimum atomic E-state index is -0.0350.